The van der Waals surface area contributed by atoms with Crippen molar-refractivity contribution < 1.29 is 0 Å². The molecular formula is C18H31N. The molecule has 0 radical (unpaired) electrons. The van der Waals surface area contributed by atoms with Gasteiger partial charge in [-0.15, -0.1) is 0 Å². The molecule has 0 bridgehead atoms. The lowest BCUT2D eigenvalue weighted by molar-refractivity contribution is 0.385. The van der Waals surface area contributed by atoms with Crippen LogP contribution < -0.4 is 5.32 Å². The monoisotopic (exact) mass is 261 g/mol. The van der Waals surface area contributed by atoms with E-state index in [4.69, 9.17) is 0 Å². The lowest BCUT2D eigenvalue weighted by atomic mass is 9.95. The average Bonchev–Trinajstić information content (AvgIpc) is 2.33. The van der Waals surface area contributed by atoms with Gasteiger partial charge in [-0.2, -0.15) is 0 Å². The fourth-order valence-electron chi connectivity index (χ4n) is 2.80. The second-order valence-electron chi connectivity index (χ2n) is 6.33. The van der Waals surface area contributed by atoms with Crippen LogP contribution in [-0.2, 0) is 0 Å². The Bertz CT molecular complexity index is 408. The summed E-state index contributed by atoms with van der Waals surface area (Å²) in [6.45, 7) is 15.8. The summed E-state index contributed by atoms with van der Waals surface area (Å²) < 4.78 is 0. The highest BCUT2D eigenvalue weighted by molar-refractivity contribution is 5.38. The molecule has 1 N–H and O–H groups in total. The van der Waals surface area contributed by atoms with E-state index in [1.165, 1.54) is 35.1 Å². The van der Waals surface area contributed by atoms with E-state index < -0.39 is 0 Å². The van der Waals surface area contributed by atoms with Gasteiger partial charge in [0.05, 0.1) is 0 Å². The van der Waals surface area contributed by atoms with E-state index >= 15 is 0 Å². The molecule has 0 fully saturated rings. The van der Waals surface area contributed by atoms with Crippen LogP contribution in [0.2, 0.25) is 0 Å². The summed E-state index contributed by atoms with van der Waals surface area (Å²) in [6, 6.07) is 5.66. The highest BCUT2D eigenvalue weighted by atomic mass is 14.9. The molecule has 0 amide bonds. The van der Waals surface area contributed by atoms with Crippen LogP contribution in [0.15, 0.2) is 12.1 Å². The van der Waals surface area contributed by atoms with Crippen molar-refractivity contribution >= 4 is 0 Å². The van der Waals surface area contributed by atoms with Crippen molar-refractivity contribution in [2.24, 2.45) is 5.92 Å². The molecule has 0 saturated carbocycles. The third-order valence-electron chi connectivity index (χ3n) is 4.34. The maximum Gasteiger partial charge on any atom is 0.0296 e. The zero-order valence-corrected chi connectivity index (χ0v) is 13.8. The zero-order valence-electron chi connectivity index (χ0n) is 13.8. The molecule has 19 heavy (non-hydrogen) atoms. The van der Waals surface area contributed by atoms with Crippen LogP contribution in [0.5, 0.6) is 0 Å². The molecule has 0 heterocycles. The van der Waals surface area contributed by atoms with Gasteiger partial charge in [-0.05, 0) is 69.2 Å². The van der Waals surface area contributed by atoms with E-state index in [-0.39, 0.29) is 0 Å². The first-order valence-electron chi connectivity index (χ1n) is 7.68. The molecule has 0 saturated heterocycles. The summed E-state index contributed by atoms with van der Waals surface area (Å²) in [5, 5.41) is 3.75. The molecule has 1 aromatic rings. The minimum atomic E-state index is 0.429. The zero-order chi connectivity index (χ0) is 14.6. The van der Waals surface area contributed by atoms with E-state index in [2.05, 4.69) is 65.9 Å². The summed E-state index contributed by atoms with van der Waals surface area (Å²) in [5.74, 6) is 0.801. The number of benzene rings is 1. The van der Waals surface area contributed by atoms with Crippen molar-refractivity contribution in [3.05, 3.63) is 34.4 Å². The van der Waals surface area contributed by atoms with Crippen LogP contribution in [0.1, 0.15) is 68.8 Å². The van der Waals surface area contributed by atoms with Crippen LogP contribution in [0.3, 0.4) is 0 Å². The predicted molar refractivity (Wildman–Crippen MR) is 85.7 cm³/mol. The molecule has 3 atom stereocenters. The Labute approximate surface area is 119 Å². The van der Waals surface area contributed by atoms with Crippen LogP contribution in [0, 0.1) is 26.7 Å². The van der Waals surface area contributed by atoms with Gasteiger partial charge in [-0.1, -0.05) is 32.4 Å². The van der Waals surface area contributed by atoms with Gasteiger partial charge in [0.1, 0.15) is 0 Å². The Hall–Kier alpha value is -0.820. The Kier molecular flexibility index (Phi) is 6.06. The van der Waals surface area contributed by atoms with Gasteiger partial charge in [-0.3, -0.25) is 0 Å². The van der Waals surface area contributed by atoms with Gasteiger partial charge < -0.3 is 5.32 Å². The maximum absolute atomic E-state index is 3.75. The lowest BCUT2D eigenvalue weighted by Crippen LogP contribution is -2.30. The van der Waals surface area contributed by atoms with Crippen molar-refractivity contribution in [2.45, 2.75) is 73.4 Å². The number of nitrogens with one attached hydrogen (secondary N) is 1. The highest BCUT2D eigenvalue weighted by Gasteiger charge is 2.14. The van der Waals surface area contributed by atoms with Crippen molar-refractivity contribution in [1.82, 2.24) is 5.32 Å². The second-order valence-corrected chi connectivity index (χ2v) is 6.33. The molecule has 1 rings (SSSR count). The van der Waals surface area contributed by atoms with Gasteiger partial charge in [0.25, 0.3) is 0 Å². The molecule has 0 spiro atoms. The smallest absolute Gasteiger partial charge is 0.0296 e. The van der Waals surface area contributed by atoms with Gasteiger partial charge in [-0.25, -0.2) is 0 Å². The van der Waals surface area contributed by atoms with E-state index in [0.717, 1.165) is 5.92 Å². The Morgan fingerprint density at radius 3 is 2.11 bits per heavy atom. The topological polar surface area (TPSA) is 12.0 Å². The largest absolute Gasteiger partial charge is 0.308 e. The van der Waals surface area contributed by atoms with E-state index in [0.29, 0.717) is 12.1 Å². The first-order valence-corrected chi connectivity index (χ1v) is 7.68. The summed E-state index contributed by atoms with van der Waals surface area (Å²) in [6.07, 6.45) is 2.52. The number of rotatable bonds is 6. The maximum atomic E-state index is 3.75. The first-order chi connectivity index (χ1) is 8.85. The molecule has 3 unspecified atom stereocenters. The van der Waals surface area contributed by atoms with Gasteiger partial charge in [0.2, 0.25) is 0 Å². The molecule has 1 nitrogen and oxygen atoms in total. The third-order valence-corrected chi connectivity index (χ3v) is 4.34. The van der Waals surface area contributed by atoms with Crippen LogP contribution >= 0.6 is 0 Å². The quantitative estimate of drug-likeness (QED) is 0.752. The van der Waals surface area contributed by atoms with Crippen LogP contribution in [-0.4, -0.2) is 6.04 Å². The van der Waals surface area contributed by atoms with Crippen molar-refractivity contribution in [3.63, 3.8) is 0 Å². The number of hydrogen-bond donors (Lipinski definition) is 1. The van der Waals surface area contributed by atoms with Crippen molar-refractivity contribution in [2.75, 3.05) is 0 Å². The average molecular weight is 261 g/mol. The van der Waals surface area contributed by atoms with E-state index in [1.807, 2.05) is 0 Å². The Morgan fingerprint density at radius 1 is 0.947 bits per heavy atom. The minimum Gasteiger partial charge on any atom is -0.308 e. The lowest BCUT2D eigenvalue weighted by Gasteiger charge is -2.24. The normalized spacial score (nSPS) is 16.2. The Balaban J connectivity index is 2.73. The summed E-state index contributed by atoms with van der Waals surface area (Å²) in [4.78, 5) is 0. The van der Waals surface area contributed by atoms with Gasteiger partial charge in [0, 0.05) is 12.1 Å². The van der Waals surface area contributed by atoms with Crippen molar-refractivity contribution in [1.29, 1.82) is 0 Å². The SMILES string of the molecule is CCC(C)CC(C)NC(C)c1cc(C)c(C)cc1C. The molecule has 1 aromatic carbocycles. The Morgan fingerprint density at radius 2 is 1.53 bits per heavy atom. The summed E-state index contributed by atoms with van der Waals surface area (Å²) in [7, 11) is 0. The molecule has 0 aliphatic rings. The fraction of sp³-hybridized carbons (Fsp3) is 0.667. The summed E-state index contributed by atoms with van der Waals surface area (Å²) in [5.41, 5.74) is 5.63. The molecular weight excluding hydrogens is 230 g/mol. The first kappa shape index (κ1) is 16.2. The fourth-order valence-corrected chi connectivity index (χ4v) is 2.80. The highest BCUT2D eigenvalue weighted by Crippen LogP contribution is 2.23. The predicted octanol–water partition coefficient (Wildman–Crippen LogP) is 5.09. The van der Waals surface area contributed by atoms with Crippen LogP contribution in [0.4, 0.5) is 0 Å². The minimum absolute atomic E-state index is 0.429. The van der Waals surface area contributed by atoms with E-state index in [9.17, 15) is 0 Å². The van der Waals surface area contributed by atoms with E-state index in [1.54, 1.807) is 0 Å². The number of aryl methyl sites for hydroxylation is 3. The molecule has 0 aliphatic carbocycles. The van der Waals surface area contributed by atoms with Gasteiger partial charge in [0.15, 0.2) is 0 Å². The van der Waals surface area contributed by atoms with Crippen molar-refractivity contribution in [3.8, 4) is 0 Å². The molecule has 1 heteroatoms. The number of hydrogen-bond acceptors (Lipinski definition) is 1. The third kappa shape index (κ3) is 4.65. The van der Waals surface area contributed by atoms with Crippen LogP contribution in [0.25, 0.3) is 0 Å². The summed E-state index contributed by atoms with van der Waals surface area (Å²) >= 11 is 0. The molecule has 108 valence electrons. The second kappa shape index (κ2) is 7.09. The standard InChI is InChI=1S/C18H31N/c1-8-12(2)9-16(6)19-17(7)18-11-14(4)13(3)10-15(18)5/h10-12,16-17,19H,8-9H2,1-7H3. The van der Waals surface area contributed by atoms with Gasteiger partial charge >= 0.3 is 0 Å². The molecule has 0 aromatic heterocycles. The molecule has 0 aliphatic heterocycles.